The summed E-state index contributed by atoms with van der Waals surface area (Å²) in [4.78, 5) is 21.3. The van der Waals surface area contributed by atoms with Crippen molar-refractivity contribution in [2.75, 3.05) is 32.6 Å². The average Bonchev–Trinajstić information content (AvgIpc) is 2.74. The van der Waals surface area contributed by atoms with Crippen LogP contribution < -0.4 is 10.2 Å². The van der Waals surface area contributed by atoms with Crippen LogP contribution in [0, 0.1) is 0 Å². The van der Waals surface area contributed by atoms with E-state index >= 15 is 0 Å². The number of benzene rings is 2. The Morgan fingerprint density at radius 3 is 2.14 bits per heavy atom. The van der Waals surface area contributed by atoms with Crippen molar-refractivity contribution in [1.29, 1.82) is 0 Å². The van der Waals surface area contributed by atoms with Gasteiger partial charge in [-0.2, -0.15) is 0 Å². The van der Waals surface area contributed by atoms with Gasteiger partial charge in [-0.25, -0.2) is 4.98 Å². The van der Waals surface area contributed by atoms with Crippen LogP contribution in [0.4, 0.5) is 11.5 Å². The average molecular weight is 374 g/mol. The molecular formula is C23H26N4O. The van der Waals surface area contributed by atoms with Crippen LogP contribution in [-0.4, -0.2) is 43.5 Å². The molecule has 3 aromatic rings. The first kappa shape index (κ1) is 19.6. The monoisotopic (exact) mass is 374 g/mol. The molecule has 0 saturated carbocycles. The molecule has 1 aromatic heterocycles. The van der Waals surface area contributed by atoms with E-state index in [9.17, 15) is 4.79 Å². The van der Waals surface area contributed by atoms with Crippen molar-refractivity contribution in [3.63, 3.8) is 0 Å². The maximum atomic E-state index is 12.8. The third-order valence-electron chi connectivity index (χ3n) is 4.55. The third kappa shape index (κ3) is 4.96. The van der Waals surface area contributed by atoms with Gasteiger partial charge in [0.2, 0.25) is 0 Å². The van der Waals surface area contributed by atoms with Gasteiger partial charge < -0.3 is 15.1 Å². The lowest BCUT2D eigenvalue weighted by molar-refractivity contribution is 0.0929. The molecule has 0 aliphatic carbocycles. The summed E-state index contributed by atoms with van der Waals surface area (Å²) in [7, 11) is 5.95. The highest BCUT2D eigenvalue weighted by molar-refractivity contribution is 5.94. The summed E-state index contributed by atoms with van der Waals surface area (Å²) in [6.45, 7) is 0.720. The molecule has 1 heterocycles. The van der Waals surface area contributed by atoms with Gasteiger partial charge >= 0.3 is 0 Å². The Bertz CT molecular complexity index is 879. The van der Waals surface area contributed by atoms with Gasteiger partial charge in [-0.1, -0.05) is 48.5 Å². The van der Waals surface area contributed by atoms with Crippen LogP contribution in [0.2, 0.25) is 0 Å². The standard InChI is InChI=1S/C23H26N4O/c1-26(2)17-21(18-10-6-4-7-11-18)25-23(28)19-14-15-22(24-16-19)27(3)20-12-8-5-9-13-20/h4-16,21H,17H2,1-3H3,(H,25,28). The molecule has 28 heavy (non-hydrogen) atoms. The fraction of sp³-hybridized carbons (Fsp3) is 0.217. The van der Waals surface area contributed by atoms with Crippen LogP contribution in [0.5, 0.6) is 0 Å². The number of likely N-dealkylation sites (N-methyl/N-ethyl adjacent to an activating group) is 1. The molecule has 144 valence electrons. The number of hydrogen-bond acceptors (Lipinski definition) is 4. The molecule has 5 nitrogen and oxygen atoms in total. The van der Waals surface area contributed by atoms with Crippen molar-refractivity contribution >= 4 is 17.4 Å². The summed E-state index contributed by atoms with van der Waals surface area (Å²) in [6, 6.07) is 23.6. The Morgan fingerprint density at radius 1 is 0.929 bits per heavy atom. The van der Waals surface area contributed by atoms with Gasteiger partial charge in [-0.3, -0.25) is 4.79 Å². The summed E-state index contributed by atoms with van der Waals surface area (Å²) in [6.07, 6.45) is 1.63. The summed E-state index contributed by atoms with van der Waals surface area (Å²) in [5.74, 6) is 0.660. The smallest absolute Gasteiger partial charge is 0.253 e. The van der Waals surface area contributed by atoms with Gasteiger partial charge in [0, 0.05) is 25.5 Å². The second-order valence-corrected chi connectivity index (χ2v) is 7.00. The maximum absolute atomic E-state index is 12.8. The number of para-hydroxylation sites is 1. The highest BCUT2D eigenvalue weighted by atomic mass is 16.1. The molecule has 0 aliphatic rings. The minimum absolute atomic E-state index is 0.0876. The molecule has 0 spiro atoms. The normalized spacial score (nSPS) is 11.9. The van der Waals surface area contributed by atoms with Crippen molar-refractivity contribution in [3.8, 4) is 0 Å². The van der Waals surface area contributed by atoms with Crippen LogP contribution in [0.15, 0.2) is 79.0 Å². The first-order valence-electron chi connectivity index (χ1n) is 9.30. The van der Waals surface area contributed by atoms with E-state index in [0.717, 1.165) is 23.6 Å². The van der Waals surface area contributed by atoms with Gasteiger partial charge in [0.25, 0.3) is 5.91 Å². The van der Waals surface area contributed by atoms with Gasteiger partial charge in [0.1, 0.15) is 5.82 Å². The second kappa shape index (κ2) is 9.15. The van der Waals surface area contributed by atoms with E-state index in [2.05, 4.69) is 15.2 Å². The highest BCUT2D eigenvalue weighted by Gasteiger charge is 2.17. The van der Waals surface area contributed by atoms with E-state index in [0.29, 0.717) is 5.56 Å². The summed E-state index contributed by atoms with van der Waals surface area (Å²) in [5.41, 5.74) is 2.67. The lowest BCUT2D eigenvalue weighted by Crippen LogP contribution is -2.35. The Hall–Kier alpha value is -3.18. The molecule has 2 aromatic carbocycles. The molecule has 0 bridgehead atoms. The molecule has 5 heteroatoms. The predicted molar refractivity (Wildman–Crippen MR) is 114 cm³/mol. The largest absolute Gasteiger partial charge is 0.344 e. The van der Waals surface area contributed by atoms with E-state index < -0.39 is 0 Å². The topological polar surface area (TPSA) is 48.5 Å². The Kier molecular flexibility index (Phi) is 6.40. The van der Waals surface area contributed by atoms with Gasteiger partial charge in [-0.05, 0) is 43.9 Å². The van der Waals surface area contributed by atoms with Crippen LogP contribution in [0.25, 0.3) is 0 Å². The number of carbonyl (C=O) groups is 1. The lowest BCUT2D eigenvalue weighted by atomic mass is 10.1. The molecule has 0 fully saturated rings. The van der Waals surface area contributed by atoms with Crippen molar-refractivity contribution in [2.24, 2.45) is 0 Å². The minimum atomic E-state index is -0.128. The number of pyridine rings is 1. The number of nitrogens with one attached hydrogen (secondary N) is 1. The van der Waals surface area contributed by atoms with Gasteiger partial charge in [0.15, 0.2) is 0 Å². The first-order valence-corrected chi connectivity index (χ1v) is 9.30. The number of anilines is 2. The van der Waals surface area contributed by atoms with Crippen molar-refractivity contribution in [3.05, 3.63) is 90.1 Å². The Labute approximate surface area is 166 Å². The molecule has 1 atom stereocenters. The van der Waals surface area contributed by atoms with Crippen LogP contribution in [0.3, 0.4) is 0 Å². The van der Waals surface area contributed by atoms with Crippen molar-refractivity contribution in [1.82, 2.24) is 15.2 Å². The van der Waals surface area contributed by atoms with E-state index in [4.69, 9.17) is 0 Å². The summed E-state index contributed by atoms with van der Waals surface area (Å²) < 4.78 is 0. The molecule has 1 N–H and O–H groups in total. The van der Waals surface area contributed by atoms with E-state index in [1.54, 1.807) is 6.20 Å². The number of amides is 1. The molecule has 0 saturated heterocycles. The summed E-state index contributed by atoms with van der Waals surface area (Å²) in [5, 5.41) is 3.13. The van der Waals surface area contributed by atoms with Gasteiger partial charge in [-0.15, -0.1) is 0 Å². The maximum Gasteiger partial charge on any atom is 0.253 e. The Morgan fingerprint density at radius 2 is 1.57 bits per heavy atom. The zero-order valence-electron chi connectivity index (χ0n) is 16.5. The fourth-order valence-electron chi connectivity index (χ4n) is 3.03. The van der Waals surface area contributed by atoms with E-state index in [-0.39, 0.29) is 11.9 Å². The number of nitrogens with zero attached hydrogens (tertiary/aromatic N) is 3. The number of carbonyl (C=O) groups excluding carboxylic acids is 1. The van der Waals surface area contributed by atoms with Gasteiger partial charge in [0.05, 0.1) is 11.6 Å². The van der Waals surface area contributed by atoms with E-state index in [1.165, 1.54) is 0 Å². The lowest BCUT2D eigenvalue weighted by Gasteiger charge is -2.23. The quantitative estimate of drug-likeness (QED) is 0.682. The second-order valence-electron chi connectivity index (χ2n) is 7.00. The molecule has 1 unspecified atom stereocenters. The first-order chi connectivity index (χ1) is 13.5. The highest BCUT2D eigenvalue weighted by Crippen LogP contribution is 2.21. The Balaban J connectivity index is 1.73. The molecule has 0 radical (unpaired) electrons. The number of aromatic nitrogens is 1. The molecule has 3 rings (SSSR count). The van der Waals surface area contributed by atoms with Crippen LogP contribution in [0.1, 0.15) is 22.0 Å². The number of rotatable bonds is 7. The van der Waals surface area contributed by atoms with E-state index in [1.807, 2.05) is 98.8 Å². The summed E-state index contributed by atoms with van der Waals surface area (Å²) >= 11 is 0. The third-order valence-corrected chi connectivity index (χ3v) is 4.55. The molecular weight excluding hydrogens is 348 g/mol. The fourth-order valence-corrected chi connectivity index (χ4v) is 3.03. The van der Waals surface area contributed by atoms with Crippen LogP contribution in [-0.2, 0) is 0 Å². The van der Waals surface area contributed by atoms with Crippen LogP contribution >= 0.6 is 0 Å². The zero-order valence-corrected chi connectivity index (χ0v) is 16.5. The zero-order chi connectivity index (χ0) is 19.9. The van der Waals surface area contributed by atoms with Crippen molar-refractivity contribution < 1.29 is 4.79 Å². The van der Waals surface area contributed by atoms with Crippen molar-refractivity contribution in [2.45, 2.75) is 6.04 Å². The molecule has 1 amide bonds. The predicted octanol–water partition coefficient (Wildman–Crippen LogP) is 3.88. The minimum Gasteiger partial charge on any atom is -0.344 e. The number of hydrogen-bond donors (Lipinski definition) is 1. The SMILES string of the molecule is CN(C)CC(NC(=O)c1ccc(N(C)c2ccccc2)nc1)c1ccccc1. The molecule has 0 aliphatic heterocycles.